The standard InChI is InChI=1S/C17H15F2NO2/c1-11(20-16-8-5-13(18)10-15(16)19)9-17(21)12-3-6-14(22-2)7-4-12/h3-10,20H,1-2H3. The van der Waals surface area contributed by atoms with Gasteiger partial charge in [-0.25, -0.2) is 8.78 Å². The first-order chi connectivity index (χ1) is 10.5. The summed E-state index contributed by atoms with van der Waals surface area (Å²) in [4.78, 5) is 12.1. The Morgan fingerprint density at radius 3 is 2.41 bits per heavy atom. The molecule has 0 aliphatic rings. The Morgan fingerprint density at radius 2 is 1.82 bits per heavy atom. The molecule has 5 heteroatoms. The van der Waals surface area contributed by atoms with E-state index in [1.807, 2.05) is 0 Å². The maximum atomic E-state index is 13.5. The van der Waals surface area contributed by atoms with Crippen molar-refractivity contribution in [3.05, 3.63) is 71.4 Å². The maximum absolute atomic E-state index is 13.5. The van der Waals surface area contributed by atoms with Gasteiger partial charge in [0.2, 0.25) is 0 Å². The lowest BCUT2D eigenvalue weighted by Crippen LogP contribution is -2.03. The fourth-order valence-electron chi connectivity index (χ4n) is 1.87. The van der Waals surface area contributed by atoms with Crippen LogP contribution in [0.3, 0.4) is 0 Å². The molecular weight excluding hydrogens is 288 g/mol. The second kappa shape index (κ2) is 6.85. The van der Waals surface area contributed by atoms with Crippen LogP contribution in [0.5, 0.6) is 5.75 Å². The minimum absolute atomic E-state index is 0.109. The number of ether oxygens (including phenoxy) is 1. The largest absolute Gasteiger partial charge is 0.497 e. The van der Waals surface area contributed by atoms with Crippen molar-refractivity contribution < 1.29 is 18.3 Å². The van der Waals surface area contributed by atoms with Gasteiger partial charge in [-0.3, -0.25) is 4.79 Å². The van der Waals surface area contributed by atoms with Crippen LogP contribution in [0.2, 0.25) is 0 Å². The molecule has 0 spiro atoms. The Bertz CT molecular complexity index is 709. The second-order valence-corrected chi connectivity index (χ2v) is 4.67. The number of allylic oxidation sites excluding steroid dienone is 2. The van der Waals surface area contributed by atoms with Crippen molar-refractivity contribution >= 4 is 11.5 Å². The Morgan fingerprint density at radius 1 is 1.14 bits per heavy atom. The van der Waals surface area contributed by atoms with Crippen LogP contribution in [0.25, 0.3) is 0 Å². The summed E-state index contributed by atoms with van der Waals surface area (Å²) in [5.41, 5.74) is 1.05. The number of rotatable bonds is 5. The number of carbonyl (C=O) groups excluding carboxylic acids is 1. The zero-order valence-corrected chi connectivity index (χ0v) is 12.2. The molecule has 0 aliphatic heterocycles. The molecule has 0 amide bonds. The first kappa shape index (κ1) is 15.7. The van der Waals surface area contributed by atoms with E-state index in [0.717, 1.165) is 12.1 Å². The Kier molecular flexibility index (Phi) is 4.88. The smallest absolute Gasteiger partial charge is 0.187 e. The fourth-order valence-corrected chi connectivity index (χ4v) is 1.87. The Balaban J connectivity index is 2.11. The van der Waals surface area contributed by atoms with Gasteiger partial charge in [0.15, 0.2) is 5.78 Å². The van der Waals surface area contributed by atoms with E-state index >= 15 is 0 Å². The number of anilines is 1. The summed E-state index contributed by atoms with van der Waals surface area (Å²) in [6.07, 6.45) is 1.35. The lowest BCUT2D eigenvalue weighted by Gasteiger charge is -2.08. The molecule has 2 aromatic rings. The molecular formula is C17H15F2NO2. The van der Waals surface area contributed by atoms with Gasteiger partial charge in [0.1, 0.15) is 17.4 Å². The summed E-state index contributed by atoms with van der Waals surface area (Å²) in [6, 6.07) is 9.85. The molecule has 114 valence electrons. The minimum atomic E-state index is -0.718. The van der Waals surface area contributed by atoms with Gasteiger partial charge in [-0.1, -0.05) is 0 Å². The van der Waals surface area contributed by atoms with Crippen molar-refractivity contribution in [2.45, 2.75) is 6.92 Å². The summed E-state index contributed by atoms with van der Waals surface area (Å²) in [6.45, 7) is 1.63. The van der Waals surface area contributed by atoms with Gasteiger partial charge in [0.25, 0.3) is 0 Å². The molecule has 0 aliphatic carbocycles. The lowest BCUT2D eigenvalue weighted by molar-refractivity contribution is 0.104. The van der Waals surface area contributed by atoms with Gasteiger partial charge in [0.05, 0.1) is 12.8 Å². The molecule has 1 N–H and O–H groups in total. The molecule has 3 nitrogen and oxygen atoms in total. The molecule has 0 radical (unpaired) electrons. The van der Waals surface area contributed by atoms with Gasteiger partial charge in [-0.05, 0) is 43.3 Å². The van der Waals surface area contributed by atoms with E-state index in [9.17, 15) is 13.6 Å². The summed E-state index contributed by atoms with van der Waals surface area (Å²) in [5.74, 6) is -0.942. The van der Waals surface area contributed by atoms with Crippen LogP contribution in [-0.4, -0.2) is 12.9 Å². The van der Waals surface area contributed by atoms with Crippen LogP contribution in [0.1, 0.15) is 17.3 Å². The van der Waals surface area contributed by atoms with Crippen molar-refractivity contribution in [3.8, 4) is 5.75 Å². The van der Waals surface area contributed by atoms with Crippen molar-refractivity contribution in [3.63, 3.8) is 0 Å². The van der Waals surface area contributed by atoms with Gasteiger partial charge in [0, 0.05) is 23.4 Å². The third-order valence-electron chi connectivity index (χ3n) is 2.99. The fraction of sp³-hybridized carbons (Fsp3) is 0.118. The molecule has 0 unspecified atom stereocenters. The average molecular weight is 303 g/mol. The third kappa shape index (κ3) is 3.91. The highest BCUT2D eigenvalue weighted by atomic mass is 19.1. The zero-order chi connectivity index (χ0) is 16.1. The highest BCUT2D eigenvalue weighted by molar-refractivity contribution is 6.05. The molecule has 0 saturated heterocycles. The van der Waals surface area contributed by atoms with E-state index in [2.05, 4.69) is 5.32 Å². The SMILES string of the molecule is COc1ccc(C(=O)C=C(C)Nc2ccc(F)cc2F)cc1. The number of methoxy groups -OCH3 is 1. The monoisotopic (exact) mass is 303 g/mol. The van der Waals surface area contributed by atoms with Crippen LogP contribution in [0.4, 0.5) is 14.5 Å². The first-order valence-electron chi connectivity index (χ1n) is 6.58. The number of halogens is 2. The molecule has 2 aromatic carbocycles. The van der Waals surface area contributed by atoms with Crippen molar-refractivity contribution in [2.24, 2.45) is 0 Å². The van der Waals surface area contributed by atoms with Crippen LogP contribution in [0, 0.1) is 11.6 Å². The molecule has 22 heavy (non-hydrogen) atoms. The number of nitrogens with one attached hydrogen (secondary N) is 1. The third-order valence-corrected chi connectivity index (χ3v) is 2.99. The summed E-state index contributed by atoms with van der Waals surface area (Å²) in [5, 5.41) is 2.73. The predicted molar refractivity (Wildman–Crippen MR) is 81.1 cm³/mol. The predicted octanol–water partition coefficient (Wildman–Crippen LogP) is 4.17. The van der Waals surface area contributed by atoms with E-state index in [-0.39, 0.29) is 11.5 Å². The Labute approximate surface area is 127 Å². The van der Waals surface area contributed by atoms with Crippen LogP contribution >= 0.6 is 0 Å². The van der Waals surface area contributed by atoms with Gasteiger partial charge >= 0.3 is 0 Å². The van der Waals surface area contributed by atoms with Crippen molar-refractivity contribution in [1.29, 1.82) is 0 Å². The normalized spacial score (nSPS) is 11.2. The maximum Gasteiger partial charge on any atom is 0.187 e. The van der Waals surface area contributed by atoms with Gasteiger partial charge < -0.3 is 10.1 Å². The highest BCUT2D eigenvalue weighted by Crippen LogP contribution is 2.17. The van der Waals surface area contributed by atoms with Gasteiger partial charge in [-0.15, -0.1) is 0 Å². The van der Waals surface area contributed by atoms with E-state index < -0.39 is 11.6 Å². The molecule has 0 bridgehead atoms. The average Bonchev–Trinajstić information content (AvgIpc) is 2.50. The van der Waals surface area contributed by atoms with Gasteiger partial charge in [-0.2, -0.15) is 0 Å². The highest BCUT2D eigenvalue weighted by Gasteiger charge is 2.06. The Hall–Kier alpha value is -2.69. The second-order valence-electron chi connectivity index (χ2n) is 4.67. The van der Waals surface area contributed by atoms with E-state index in [4.69, 9.17) is 4.74 Å². The number of carbonyl (C=O) groups is 1. The minimum Gasteiger partial charge on any atom is -0.497 e. The van der Waals surface area contributed by atoms with E-state index in [0.29, 0.717) is 17.0 Å². The van der Waals surface area contributed by atoms with Crippen molar-refractivity contribution in [2.75, 3.05) is 12.4 Å². The number of ketones is 1. The van der Waals surface area contributed by atoms with Crippen LogP contribution < -0.4 is 10.1 Å². The summed E-state index contributed by atoms with van der Waals surface area (Å²) in [7, 11) is 1.54. The summed E-state index contributed by atoms with van der Waals surface area (Å²) >= 11 is 0. The molecule has 2 rings (SSSR count). The quantitative estimate of drug-likeness (QED) is 0.665. The van der Waals surface area contributed by atoms with Crippen molar-refractivity contribution in [1.82, 2.24) is 0 Å². The topological polar surface area (TPSA) is 38.3 Å². The van der Waals surface area contributed by atoms with E-state index in [1.54, 1.807) is 38.3 Å². The molecule has 0 heterocycles. The number of benzene rings is 2. The van der Waals surface area contributed by atoms with Crippen LogP contribution in [-0.2, 0) is 0 Å². The van der Waals surface area contributed by atoms with E-state index in [1.165, 1.54) is 12.1 Å². The summed E-state index contributed by atoms with van der Waals surface area (Å²) < 4.78 is 31.4. The molecule has 0 fully saturated rings. The molecule has 0 saturated carbocycles. The molecule has 0 atom stereocenters. The number of hydrogen-bond acceptors (Lipinski definition) is 3. The molecule has 0 aromatic heterocycles. The lowest BCUT2D eigenvalue weighted by atomic mass is 10.1. The number of hydrogen-bond donors (Lipinski definition) is 1. The van der Waals surface area contributed by atoms with Crippen LogP contribution in [0.15, 0.2) is 54.2 Å². The first-order valence-corrected chi connectivity index (χ1v) is 6.58. The zero-order valence-electron chi connectivity index (χ0n) is 12.2.